The number of benzene rings is 2. The average molecular weight is 424 g/mol. The molecular formula is C27H37NO3. The number of aryl methyl sites for hydroxylation is 1. The zero-order valence-electron chi connectivity index (χ0n) is 19.6. The molecule has 1 atom stereocenters. The number of rotatable bonds is 5. The third kappa shape index (κ3) is 4.45. The maximum atomic E-state index is 11.3. The van der Waals surface area contributed by atoms with Gasteiger partial charge in [-0.25, -0.2) is 0 Å². The van der Waals surface area contributed by atoms with Crippen LogP contribution in [-0.2, 0) is 4.79 Å². The molecule has 0 radical (unpaired) electrons. The summed E-state index contributed by atoms with van der Waals surface area (Å²) >= 11 is 0. The number of hydrogen-bond acceptors (Lipinski definition) is 3. The Balaban J connectivity index is 1.61. The van der Waals surface area contributed by atoms with E-state index in [2.05, 4.69) is 69.9 Å². The van der Waals surface area contributed by atoms with Crippen molar-refractivity contribution in [2.24, 2.45) is 17.3 Å². The van der Waals surface area contributed by atoms with E-state index in [9.17, 15) is 9.90 Å². The minimum absolute atomic E-state index is 0.127. The van der Waals surface area contributed by atoms with Crippen LogP contribution in [0, 0.1) is 24.2 Å². The molecule has 2 fully saturated rings. The van der Waals surface area contributed by atoms with Crippen LogP contribution in [0.15, 0.2) is 30.3 Å². The summed E-state index contributed by atoms with van der Waals surface area (Å²) in [7, 11) is 0. The number of likely N-dealkylation sites (tertiary alicyclic amines) is 1. The number of nitrogens with zero attached hydrogens (tertiary/aromatic N) is 1. The van der Waals surface area contributed by atoms with Gasteiger partial charge in [0.1, 0.15) is 5.75 Å². The molecule has 168 valence electrons. The zero-order chi connectivity index (χ0) is 22.3. The molecule has 1 heterocycles. The van der Waals surface area contributed by atoms with Crippen LogP contribution in [0.4, 0.5) is 0 Å². The highest BCUT2D eigenvalue weighted by Gasteiger charge is 2.37. The highest BCUT2D eigenvalue weighted by molar-refractivity contribution is 5.91. The lowest BCUT2D eigenvalue weighted by Gasteiger charge is -2.42. The van der Waals surface area contributed by atoms with Crippen LogP contribution in [0.1, 0.15) is 70.5 Å². The molecule has 2 aliphatic rings. The SMILES string of the molecule is Cc1cc(OC2CCC(C(C)(C)C)CC2)c(C(C)N2CC(C(=O)O)C2)c2ccccc12. The lowest BCUT2D eigenvalue weighted by Crippen LogP contribution is -2.51. The maximum absolute atomic E-state index is 11.3. The predicted octanol–water partition coefficient (Wildman–Crippen LogP) is 6.21. The van der Waals surface area contributed by atoms with E-state index in [1.165, 1.54) is 34.7 Å². The van der Waals surface area contributed by atoms with Crippen molar-refractivity contribution in [2.45, 2.75) is 72.4 Å². The Bertz CT molecular complexity index is 947. The molecule has 2 aromatic rings. The molecule has 4 nitrogen and oxygen atoms in total. The van der Waals surface area contributed by atoms with E-state index < -0.39 is 5.97 Å². The van der Waals surface area contributed by atoms with Crippen molar-refractivity contribution < 1.29 is 14.6 Å². The molecule has 1 aliphatic carbocycles. The standard InChI is InChI=1S/C27H37NO3/c1-17-14-24(31-21-12-10-20(11-13-21)27(3,4)5)25(23-9-7-6-8-22(17)23)18(2)28-15-19(16-28)26(29)30/h6-9,14,18-21H,10-13,15-16H2,1-5H3,(H,29,30). The Kier molecular flexibility index (Phi) is 6.04. The van der Waals surface area contributed by atoms with Crippen molar-refractivity contribution in [3.63, 3.8) is 0 Å². The normalized spacial score (nSPS) is 24.0. The van der Waals surface area contributed by atoms with Gasteiger partial charge in [0.15, 0.2) is 0 Å². The molecule has 4 rings (SSSR count). The zero-order valence-corrected chi connectivity index (χ0v) is 19.6. The lowest BCUT2D eigenvalue weighted by molar-refractivity contribution is -0.148. The fourth-order valence-electron chi connectivity index (χ4n) is 5.47. The topological polar surface area (TPSA) is 49.8 Å². The second-order valence-corrected chi connectivity index (χ2v) is 10.8. The van der Waals surface area contributed by atoms with Gasteiger partial charge >= 0.3 is 5.97 Å². The Morgan fingerprint density at radius 1 is 1.10 bits per heavy atom. The lowest BCUT2D eigenvalue weighted by atomic mass is 9.72. The summed E-state index contributed by atoms with van der Waals surface area (Å²) in [6.45, 7) is 12.6. The number of fused-ring (bicyclic) bond motifs is 1. The van der Waals surface area contributed by atoms with Crippen LogP contribution in [0.2, 0.25) is 0 Å². The number of carbonyl (C=O) groups is 1. The molecule has 31 heavy (non-hydrogen) atoms. The molecule has 1 N–H and O–H groups in total. The highest BCUT2D eigenvalue weighted by Crippen LogP contribution is 2.43. The van der Waals surface area contributed by atoms with Gasteiger partial charge in [0.05, 0.1) is 12.0 Å². The van der Waals surface area contributed by atoms with Gasteiger partial charge in [-0.1, -0.05) is 45.0 Å². The molecular weight excluding hydrogens is 386 g/mol. The predicted molar refractivity (Wildman–Crippen MR) is 126 cm³/mol. The first kappa shape index (κ1) is 22.1. The van der Waals surface area contributed by atoms with E-state index >= 15 is 0 Å². The molecule has 0 aromatic heterocycles. The van der Waals surface area contributed by atoms with E-state index in [1.54, 1.807) is 0 Å². The van der Waals surface area contributed by atoms with Gasteiger partial charge in [-0.15, -0.1) is 0 Å². The van der Waals surface area contributed by atoms with Crippen molar-refractivity contribution in [2.75, 3.05) is 13.1 Å². The van der Waals surface area contributed by atoms with Gasteiger partial charge in [-0.3, -0.25) is 9.69 Å². The summed E-state index contributed by atoms with van der Waals surface area (Å²) in [5, 5.41) is 11.8. The van der Waals surface area contributed by atoms with Crippen molar-refractivity contribution >= 4 is 16.7 Å². The third-order valence-electron chi connectivity index (χ3n) is 7.67. The minimum Gasteiger partial charge on any atom is -0.490 e. The van der Waals surface area contributed by atoms with E-state index in [0.717, 1.165) is 24.5 Å². The van der Waals surface area contributed by atoms with Crippen molar-refractivity contribution in [3.8, 4) is 5.75 Å². The summed E-state index contributed by atoms with van der Waals surface area (Å²) in [5.41, 5.74) is 2.81. The van der Waals surface area contributed by atoms with Gasteiger partial charge in [-0.05, 0) is 73.3 Å². The number of hydrogen-bond donors (Lipinski definition) is 1. The van der Waals surface area contributed by atoms with Crippen molar-refractivity contribution in [1.82, 2.24) is 4.90 Å². The Hall–Kier alpha value is -2.07. The van der Waals surface area contributed by atoms with Crippen LogP contribution < -0.4 is 4.74 Å². The molecule has 1 saturated carbocycles. The second kappa shape index (κ2) is 8.46. The van der Waals surface area contributed by atoms with E-state index in [0.29, 0.717) is 18.5 Å². The Morgan fingerprint density at radius 2 is 1.71 bits per heavy atom. The monoisotopic (exact) mass is 423 g/mol. The smallest absolute Gasteiger partial charge is 0.309 e. The summed E-state index contributed by atoms with van der Waals surface area (Å²) in [5.74, 6) is 0.806. The average Bonchev–Trinajstić information content (AvgIpc) is 2.66. The van der Waals surface area contributed by atoms with Crippen LogP contribution >= 0.6 is 0 Å². The van der Waals surface area contributed by atoms with Crippen molar-refractivity contribution in [1.29, 1.82) is 0 Å². The van der Waals surface area contributed by atoms with Gasteiger partial charge in [0, 0.05) is 24.7 Å². The third-order valence-corrected chi connectivity index (χ3v) is 7.67. The molecule has 2 aromatic carbocycles. The number of carboxylic acid groups (broad SMARTS) is 1. The van der Waals surface area contributed by atoms with E-state index in [1.807, 2.05) is 0 Å². The first-order valence-corrected chi connectivity index (χ1v) is 11.8. The van der Waals surface area contributed by atoms with Crippen LogP contribution in [-0.4, -0.2) is 35.2 Å². The molecule has 1 aliphatic heterocycles. The summed E-state index contributed by atoms with van der Waals surface area (Å²) in [6.07, 6.45) is 4.91. The first-order chi connectivity index (χ1) is 14.6. The molecule has 0 spiro atoms. The second-order valence-electron chi connectivity index (χ2n) is 10.8. The van der Waals surface area contributed by atoms with Crippen LogP contribution in [0.5, 0.6) is 5.75 Å². The maximum Gasteiger partial charge on any atom is 0.309 e. The molecule has 4 heteroatoms. The van der Waals surface area contributed by atoms with Crippen LogP contribution in [0.3, 0.4) is 0 Å². The van der Waals surface area contributed by atoms with E-state index in [-0.39, 0.29) is 18.1 Å². The van der Waals surface area contributed by atoms with Gasteiger partial charge < -0.3 is 9.84 Å². The largest absolute Gasteiger partial charge is 0.490 e. The Morgan fingerprint density at radius 3 is 2.29 bits per heavy atom. The van der Waals surface area contributed by atoms with Gasteiger partial charge in [-0.2, -0.15) is 0 Å². The fraction of sp³-hybridized carbons (Fsp3) is 0.593. The number of aliphatic carboxylic acids is 1. The quantitative estimate of drug-likeness (QED) is 0.621. The number of carboxylic acids is 1. The minimum atomic E-state index is -0.690. The molecule has 0 amide bonds. The summed E-state index contributed by atoms with van der Waals surface area (Å²) < 4.78 is 6.71. The summed E-state index contributed by atoms with van der Waals surface area (Å²) in [6, 6.07) is 10.9. The first-order valence-electron chi connectivity index (χ1n) is 11.8. The van der Waals surface area contributed by atoms with Gasteiger partial charge in [0.25, 0.3) is 0 Å². The summed E-state index contributed by atoms with van der Waals surface area (Å²) in [4.78, 5) is 13.6. The molecule has 1 saturated heterocycles. The van der Waals surface area contributed by atoms with Crippen molar-refractivity contribution in [3.05, 3.63) is 41.5 Å². The fourth-order valence-corrected chi connectivity index (χ4v) is 5.47. The Labute approximate surface area is 186 Å². The van der Waals surface area contributed by atoms with Crippen LogP contribution in [0.25, 0.3) is 10.8 Å². The molecule has 1 unspecified atom stereocenters. The van der Waals surface area contributed by atoms with E-state index in [4.69, 9.17) is 4.74 Å². The highest BCUT2D eigenvalue weighted by atomic mass is 16.5. The molecule has 0 bridgehead atoms. The van der Waals surface area contributed by atoms with Gasteiger partial charge in [0.2, 0.25) is 0 Å². The number of ether oxygens (including phenoxy) is 1.